The molecule has 2 unspecified atom stereocenters. The first-order valence-electron chi connectivity index (χ1n) is 7.67. The second-order valence-corrected chi connectivity index (χ2v) is 8.56. The molecule has 1 saturated heterocycles. The van der Waals surface area contributed by atoms with E-state index in [2.05, 4.69) is 0 Å². The summed E-state index contributed by atoms with van der Waals surface area (Å²) in [7, 11) is -1.49. The van der Waals surface area contributed by atoms with Gasteiger partial charge in [-0.15, -0.1) is 0 Å². The van der Waals surface area contributed by atoms with Crippen LogP contribution in [0.2, 0.25) is 5.02 Å². The summed E-state index contributed by atoms with van der Waals surface area (Å²) in [4.78, 5) is 14.4. The maximum Gasteiger partial charge on any atom is 0.227 e. The molecule has 23 heavy (non-hydrogen) atoms. The number of rotatable bonds is 4. The SMILES string of the molecule is CC(c1cccc(Cl)c1)N(C)C(=O)C1CCCN(S(C)(=O)=O)C1. The van der Waals surface area contributed by atoms with Crippen LogP contribution in [-0.4, -0.2) is 49.9 Å². The number of halogens is 1. The molecule has 0 saturated carbocycles. The van der Waals surface area contributed by atoms with Crippen LogP contribution in [-0.2, 0) is 14.8 Å². The third-order valence-electron chi connectivity index (χ3n) is 4.46. The highest BCUT2D eigenvalue weighted by molar-refractivity contribution is 7.88. The van der Waals surface area contributed by atoms with Gasteiger partial charge in [0.2, 0.25) is 15.9 Å². The first-order chi connectivity index (χ1) is 10.7. The molecule has 0 aliphatic carbocycles. The molecule has 1 aliphatic rings. The lowest BCUT2D eigenvalue weighted by Gasteiger charge is -2.34. The zero-order valence-corrected chi connectivity index (χ0v) is 15.3. The van der Waals surface area contributed by atoms with E-state index in [1.54, 1.807) is 18.0 Å². The smallest absolute Gasteiger partial charge is 0.227 e. The standard InChI is InChI=1S/C16H23ClN2O3S/c1-12(13-6-4-8-15(17)10-13)18(2)16(20)14-7-5-9-19(11-14)23(3,21)22/h4,6,8,10,12,14H,5,7,9,11H2,1-3H3. The minimum atomic E-state index is -3.25. The molecule has 0 N–H and O–H groups in total. The topological polar surface area (TPSA) is 57.7 Å². The van der Waals surface area contributed by atoms with Crippen LogP contribution in [0.4, 0.5) is 0 Å². The second kappa shape index (κ2) is 7.20. The Balaban J connectivity index is 2.10. The van der Waals surface area contributed by atoms with Crippen LogP contribution in [0.25, 0.3) is 0 Å². The Morgan fingerprint density at radius 3 is 2.74 bits per heavy atom. The molecular formula is C16H23ClN2O3S. The predicted molar refractivity (Wildman–Crippen MR) is 91.8 cm³/mol. The molecule has 1 aliphatic heterocycles. The van der Waals surface area contributed by atoms with E-state index in [1.807, 2.05) is 25.1 Å². The van der Waals surface area contributed by atoms with E-state index in [4.69, 9.17) is 11.6 Å². The highest BCUT2D eigenvalue weighted by Crippen LogP contribution is 2.26. The zero-order valence-electron chi connectivity index (χ0n) is 13.7. The van der Waals surface area contributed by atoms with Gasteiger partial charge in [0.25, 0.3) is 0 Å². The molecule has 1 fully saturated rings. The molecule has 1 heterocycles. The predicted octanol–water partition coefficient (Wildman–Crippen LogP) is 2.53. The van der Waals surface area contributed by atoms with Gasteiger partial charge in [-0.05, 0) is 37.5 Å². The Kier molecular flexibility index (Phi) is 5.70. The van der Waals surface area contributed by atoms with E-state index >= 15 is 0 Å². The Labute approximate surface area is 143 Å². The summed E-state index contributed by atoms with van der Waals surface area (Å²) in [6.07, 6.45) is 2.62. The fourth-order valence-electron chi connectivity index (χ4n) is 2.91. The summed E-state index contributed by atoms with van der Waals surface area (Å²) >= 11 is 6.01. The fraction of sp³-hybridized carbons (Fsp3) is 0.562. The third-order valence-corrected chi connectivity index (χ3v) is 5.97. The van der Waals surface area contributed by atoms with Crippen LogP contribution in [0.15, 0.2) is 24.3 Å². The Bertz CT molecular complexity index is 678. The van der Waals surface area contributed by atoms with Gasteiger partial charge in [-0.3, -0.25) is 4.79 Å². The van der Waals surface area contributed by atoms with Gasteiger partial charge < -0.3 is 4.90 Å². The van der Waals surface area contributed by atoms with Crippen molar-refractivity contribution in [2.45, 2.75) is 25.8 Å². The van der Waals surface area contributed by atoms with E-state index < -0.39 is 10.0 Å². The van der Waals surface area contributed by atoms with Gasteiger partial charge in [0.05, 0.1) is 18.2 Å². The summed E-state index contributed by atoms with van der Waals surface area (Å²) in [5.41, 5.74) is 0.962. The molecule has 2 rings (SSSR count). The van der Waals surface area contributed by atoms with Crippen molar-refractivity contribution in [3.8, 4) is 0 Å². The molecule has 1 aromatic carbocycles. The normalized spacial score (nSPS) is 21.0. The van der Waals surface area contributed by atoms with E-state index in [9.17, 15) is 13.2 Å². The monoisotopic (exact) mass is 358 g/mol. The van der Waals surface area contributed by atoms with Crippen molar-refractivity contribution in [1.82, 2.24) is 9.21 Å². The van der Waals surface area contributed by atoms with Gasteiger partial charge in [0, 0.05) is 25.2 Å². The average Bonchev–Trinajstić information content (AvgIpc) is 2.52. The second-order valence-electron chi connectivity index (χ2n) is 6.14. The molecule has 5 nitrogen and oxygen atoms in total. The number of piperidine rings is 1. The molecule has 1 amide bonds. The summed E-state index contributed by atoms with van der Waals surface area (Å²) < 4.78 is 24.8. The van der Waals surface area contributed by atoms with Crippen molar-refractivity contribution in [1.29, 1.82) is 0 Å². The van der Waals surface area contributed by atoms with E-state index in [-0.39, 0.29) is 24.4 Å². The lowest BCUT2D eigenvalue weighted by atomic mass is 9.97. The van der Waals surface area contributed by atoms with Gasteiger partial charge in [-0.1, -0.05) is 23.7 Å². The van der Waals surface area contributed by atoms with Gasteiger partial charge in [-0.2, -0.15) is 0 Å². The number of carbonyl (C=O) groups excluding carboxylic acids is 1. The van der Waals surface area contributed by atoms with Crippen LogP contribution < -0.4 is 0 Å². The molecule has 0 spiro atoms. The van der Waals surface area contributed by atoms with Gasteiger partial charge in [0.1, 0.15) is 0 Å². The highest BCUT2D eigenvalue weighted by atomic mass is 35.5. The van der Waals surface area contributed by atoms with Gasteiger partial charge >= 0.3 is 0 Å². The molecular weight excluding hydrogens is 336 g/mol. The minimum Gasteiger partial charge on any atom is -0.339 e. The number of sulfonamides is 1. The summed E-state index contributed by atoms with van der Waals surface area (Å²) in [5, 5.41) is 0.635. The molecule has 0 bridgehead atoms. The number of amides is 1. The lowest BCUT2D eigenvalue weighted by Crippen LogP contribution is -2.46. The first kappa shape index (κ1) is 18.2. The van der Waals surface area contributed by atoms with Crippen molar-refractivity contribution in [2.24, 2.45) is 5.92 Å². The first-order valence-corrected chi connectivity index (χ1v) is 9.90. The van der Waals surface area contributed by atoms with E-state index in [1.165, 1.54) is 10.6 Å². The maximum absolute atomic E-state index is 12.7. The van der Waals surface area contributed by atoms with Crippen LogP contribution in [0.1, 0.15) is 31.4 Å². The van der Waals surface area contributed by atoms with E-state index in [0.29, 0.717) is 18.0 Å². The highest BCUT2D eigenvalue weighted by Gasteiger charge is 2.33. The van der Waals surface area contributed by atoms with Crippen molar-refractivity contribution >= 4 is 27.5 Å². The molecule has 7 heteroatoms. The zero-order chi connectivity index (χ0) is 17.2. The maximum atomic E-state index is 12.7. The fourth-order valence-corrected chi connectivity index (χ4v) is 4.02. The Morgan fingerprint density at radius 2 is 2.13 bits per heavy atom. The summed E-state index contributed by atoms with van der Waals surface area (Å²) in [6, 6.07) is 7.32. The number of hydrogen-bond acceptors (Lipinski definition) is 3. The molecule has 128 valence electrons. The lowest BCUT2D eigenvalue weighted by molar-refractivity contribution is -0.137. The third kappa shape index (κ3) is 4.46. The number of carbonyl (C=O) groups is 1. The average molecular weight is 359 g/mol. The number of benzene rings is 1. The Hall–Kier alpha value is -1.11. The van der Waals surface area contributed by atoms with Gasteiger partial charge in [0.15, 0.2) is 0 Å². The molecule has 0 radical (unpaired) electrons. The number of nitrogens with zero attached hydrogens (tertiary/aromatic N) is 2. The summed E-state index contributed by atoms with van der Waals surface area (Å²) in [6.45, 7) is 2.71. The van der Waals surface area contributed by atoms with Crippen molar-refractivity contribution < 1.29 is 13.2 Å². The van der Waals surface area contributed by atoms with Crippen LogP contribution in [0, 0.1) is 5.92 Å². The van der Waals surface area contributed by atoms with Crippen LogP contribution in [0.3, 0.4) is 0 Å². The summed E-state index contributed by atoms with van der Waals surface area (Å²) in [5.74, 6) is -0.309. The minimum absolute atomic E-state index is 0.0224. The quantitative estimate of drug-likeness (QED) is 0.831. The molecule has 0 aromatic heterocycles. The largest absolute Gasteiger partial charge is 0.339 e. The van der Waals surface area contributed by atoms with Crippen molar-refractivity contribution in [3.05, 3.63) is 34.9 Å². The van der Waals surface area contributed by atoms with Crippen LogP contribution in [0.5, 0.6) is 0 Å². The van der Waals surface area contributed by atoms with Crippen molar-refractivity contribution in [2.75, 3.05) is 26.4 Å². The number of hydrogen-bond donors (Lipinski definition) is 0. The van der Waals surface area contributed by atoms with Gasteiger partial charge in [-0.25, -0.2) is 12.7 Å². The molecule has 1 aromatic rings. The van der Waals surface area contributed by atoms with Crippen LogP contribution >= 0.6 is 11.6 Å². The van der Waals surface area contributed by atoms with Crippen molar-refractivity contribution in [3.63, 3.8) is 0 Å². The van der Waals surface area contributed by atoms with E-state index in [0.717, 1.165) is 12.0 Å². The Morgan fingerprint density at radius 1 is 1.43 bits per heavy atom. The molecule has 2 atom stereocenters.